The predicted octanol–water partition coefficient (Wildman–Crippen LogP) is 3.02. The molecule has 0 spiro atoms. The second-order valence-electron chi connectivity index (χ2n) is 4.27. The molecule has 5 heteroatoms. The van der Waals surface area contributed by atoms with Crippen LogP contribution in [0.1, 0.15) is 25.7 Å². The molecule has 0 saturated carbocycles. The zero-order valence-electron chi connectivity index (χ0n) is 10.1. The van der Waals surface area contributed by atoms with Gasteiger partial charge in [0.25, 0.3) is 0 Å². The Kier molecular flexibility index (Phi) is 3.37. The lowest BCUT2D eigenvalue weighted by atomic mass is 10.1. The summed E-state index contributed by atoms with van der Waals surface area (Å²) >= 11 is 2.27. The summed E-state index contributed by atoms with van der Waals surface area (Å²) in [4.78, 5) is 0. The fraction of sp³-hybridized carbons (Fsp3) is 0.333. The molecule has 0 bridgehead atoms. The van der Waals surface area contributed by atoms with Gasteiger partial charge in [-0.25, -0.2) is 0 Å². The van der Waals surface area contributed by atoms with Gasteiger partial charge in [0.15, 0.2) is 5.82 Å². The molecule has 90 valence electrons. The molecule has 2 aromatic rings. The fourth-order valence-electron chi connectivity index (χ4n) is 1.89. The van der Waals surface area contributed by atoms with E-state index in [1.54, 1.807) is 0 Å². The number of rotatable bonds is 2. The van der Waals surface area contributed by atoms with Crippen LogP contribution in [-0.4, -0.2) is 14.8 Å². The molecule has 0 atom stereocenters. The molecule has 0 saturated heterocycles. The fourth-order valence-corrected chi connectivity index (χ4v) is 2.38. The molecular formula is C12H15IN4. The van der Waals surface area contributed by atoms with Crippen molar-refractivity contribution in [1.29, 1.82) is 0 Å². The van der Waals surface area contributed by atoms with E-state index in [1.807, 2.05) is 25.1 Å². The summed E-state index contributed by atoms with van der Waals surface area (Å²) in [6, 6.07) is 6.25. The minimum Gasteiger partial charge on any atom is -0.398 e. The summed E-state index contributed by atoms with van der Waals surface area (Å²) in [5.41, 5.74) is 7.70. The van der Waals surface area contributed by atoms with Crippen molar-refractivity contribution in [2.24, 2.45) is 0 Å². The Balaban J connectivity index is 2.64. The van der Waals surface area contributed by atoms with E-state index in [-0.39, 0.29) is 0 Å². The molecule has 1 heterocycles. The highest BCUT2D eigenvalue weighted by Crippen LogP contribution is 2.28. The Labute approximate surface area is 114 Å². The van der Waals surface area contributed by atoms with Crippen LogP contribution >= 0.6 is 22.6 Å². The number of halogens is 1. The van der Waals surface area contributed by atoms with E-state index < -0.39 is 0 Å². The Bertz CT molecular complexity index is 545. The van der Waals surface area contributed by atoms with Crippen LogP contribution in [0.2, 0.25) is 0 Å². The van der Waals surface area contributed by atoms with Crippen LogP contribution < -0.4 is 5.73 Å². The van der Waals surface area contributed by atoms with Gasteiger partial charge in [-0.1, -0.05) is 0 Å². The molecule has 0 amide bonds. The number of hydrogen-bond donors (Lipinski definition) is 1. The maximum absolute atomic E-state index is 6.02. The number of nitrogen functional groups attached to an aromatic ring is 1. The van der Waals surface area contributed by atoms with Gasteiger partial charge in [0.1, 0.15) is 5.82 Å². The normalized spacial score (nSPS) is 11.1. The van der Waals surface area contributed by atoms with Crippen molar-refractivity contribution in [2.75, 3.05) is 5.73 Å². The van der Waals surface area contributed by atoms with Crippen molar-refractivity contribution in [3.05, 3.63) is 27.6 Å². The lowest BCUT2D eigenvalue weighted by Crippen LogP contribution is -2.06. The largest absolute Gasteiger partial charge is 0.398 e. The molecule has 0 aliphatic carbocycles. The second-order valence-corrected chi connectivity index (χ2v) is 5.51. The molecule has 0 aliphatic heterocycles. The zero-order chi connectivity index (χ0) is 12.6. The minimum atomic E-state index is 0.317. The van der Waals surface area contributed by atoms with Crippen LogP contribution in [0.4, 0.5) is 5.69 Å². The summed E-state index contributed by atoms with van der Waals surface area (Å²) in [6.45, 7) is 6.19. The Morgan fingerprint density at radius 2 is 2.00 bits per heavy atom. The van der Waals surface area contributed by atoms with E-state index >= 15 is 0 Å². The predicted molar refractivity (Wildman–Crippen MR) is 77.7 cm³/mol. The van der Waals surface area contributed by atoms with E-state index in [9.17, 15) is 0 Å². The van der Waals surface area contributed by atoms with Gasteiger partial charge in [-0.15, -0.1) is 10.2 Å². The first-order valence-electron chi connectivity index (χ1n) is 5.47. The van der Waals surface area contributed by atoms with E-state index in [4.69, 9.17) is 5.73 Å². The maximum Gasteiger partial charge on any atom is 0.166 e. The van der Waals surface area contributed by atoms with Crippen molar-refractivity contribution in [1.82, 2.24) is 14.8 Å². The number of hydrogen-bond acceptors (Lipinski definition) is 3. The molecule has 1 aromatic heterocycles. The first-order chi connectivity index (χ1) is 8.00. The topological polar surface area (TPSA) is 56.7 Å². The van der Waals surface area contributed by atoms with Crippen LogP contribution in [0.15, 0.2) is 18.2 Å². The Morgan fingerprint density at radius 3 is 2.65 bits per heavy atom. The van der Waals surface area contributed by atoms with E-state index in [2.05, 4.69) is 51.2 Å². The molecular weight excluding hydrogens is 327 g/mol. The van der Waals surface area contributed by atoms with Gasteiger partial charge >= 0.3 is 0 Å². The molecule has 17 heavy (non-hydrogen) atoms. The highest BCUT2D eigenvalue weighted by molar-refractivity contribution is 14.1. The number of nitrogens with zero attached hydrogens (tertiary/aromatic N) is 3. The van der Waals surface area contributed by atoms with Gasteiger partial charge in [0.2, 0.25) is 0 Å². The first kappa shape index (κ1) is 12.3. The number of anilines is 1. The third-order valence-corrected chi connectivity index (χ3v) is 3.31. The SMILES string of the molecule is Cc1nnc(-c2cc(I)ccc2N)n1C(C)C. The van der Waals surface area contributed by atoms with Crippen LogP contribution in [-0.2, 0) is 0 Å². The standard InChI is InChI=1S/C12H15IN4/c1-7(2)17-8(3)15-16-12(17)10-6-9(13)4-5-11(10)14/h4-7H,14H2,1-3H3. The van der Waals surface area contributed by atoms with Crippen LogP contribution in [0.3, 0.4) is 0 Å². The molecule has 2 rings (SSSR count). The Morgan fingerprint density at radius 1 is 1.29 bits per heavy atom. The molecule has 0 radical (unpaired) electrons. The average molecular weight is 342 g/mol. The number of aryl methyl sites for hydroxylation is 1. The van der Waals surface area contributed by atoms with E-state index in [1.165, 1.54) is 0 Å². The van der Waals surface area contributed by atoms with Crippen LogP contribution in [0, 0.1) is 10.5 Å². The Hall–Kier alpha value is -1.11. The lowest BCUT2D eigenvalue weighted by Gasteiger charge is -2.13. The smallest absolute Gasteiger partial charge is 0.166 e. The summed E-state index contributed by atoms with van der Waals surface area (Å²) in [6.07, 6.45) is 0. The van der Waals surface area contributed by atoms with Crippen LogP contribution in [0.25, 0.3) is 11.4 Å². The van der Waals surface area contributed by atoms with E-state index in [0.717, 1.165) is 26.5 Å². The van der Waals surface area contributed by atoms with Gasteiger partial charge in [-0.05, 0) is 61.6 Å². The lowest BCUT2D eigenvalue weighted by molar-refractivity contribution is 0.588. The summed E-state index contributed by atoms with van der Waals surface area (Å²) in [5, 5.41) is 8.38. The molecule has 4 nitrogen and oxygen atoms in total. The maximum atomic E-state index is 6.02. The number of benzene rings is 1. The highest BCUT2D eigenvalue weighted by atomic mass is 127. The molecule has 1 aromatic carbocycles. The number of nitrogens with two attached hydrogens (primary N) is 1. The molecule has 0 unspecified atom stereocenters. The second kappa shape index (κ2) is 4.64. The van der Waals surface area contributed by atoms with Crippen molar-refractivity contribution < 1.29 is 0 Å². The van der Waals surface area contributed by atoms with Gasteiger partial charge in [0.05, 0.1) is 0 Å². The number of aromatic nitrogens is 3. The quantitative estimate of drug-likeness (QED) is 0.674. The minimum absolute atomic E-state index is 0.317. The molecule has 0 fully saturated rings. The van der Waals surface area contributed by atoms with Crippen molar-refractivity contribution in [2.45, 2.75) is 26.8 Å². The van der Waals surface area contributed by atoms with Crippen molar-refractivity contribution >= 4 is 28.3 Å². The van der Waals surface area contributed by atoms with Crippen molar-refractivity contribution in [3.8, 4) is 11.4 Å². The third-order valence-electron chi connectivity index (χ3n) is 2.64. The summed E-state index contributed by atoms with van der Waals surface area (Å²) < 4.78 is 3.24. The van der Waals surface area contributed by atoms with Crippen molar-refractivity contribution in [3.63, 3.8) is 0 Å². The molecule has 0 aliphatic rings. The molecule has 2 N–H and O–H groups in total. The van der Waals surface area contributed by atoms with Crippen LogP contribution in [0.5, 0.6) is 0 Å². The van der Waals surface area contributed by atoms with E-state index in [0.29, 0.717) is 6.04 Å². The zero-order valence-corrected chi connectivity index (χ0v) is 12.3. The summed E-state index contributed by atoms with van der Waals surface area (Å²) in [5.74, 6) is 1.75. The van der Waals surface area contributed by atoms with Gasteiger partial charge in [0, 0.05) is 20.9 Å². The third kappa shape index (κ3) is 2.29. The average Bonchev–Trinajstić information content (AvgIpc) is 2.64. The van der Waals surface area contributed by atoms with Gasteiger partial charge in [-0.2, -0.15) is 0 Å². The van der Waals surface area contributed by atoms with Gasteiger partial charge in [-0.3, -0.25) is 0 Å². The monoisotopic (exact) mass is 342 g/mol. The summed E-state index contributed by atoms with van der Waals surface area (Å²) in [7, 11) is 0. The van der Waals surface area contributed by atoms with Gasteiger partial charge < -0.3 is 10.3 Å². The first-order valence-corrected chi connectivity index (χ1v) is 6.55. The highest BCUT2D eigenvalue weighted by Gasteiger charge is 2.15.